The highest BCUT2D eigenvalue weighted by Gasteiger charge is 2.49. The first-order chi connectivity index (χ1) is 47.6. The zero-order chi connectivity index (χ0) is 70.5. The Kier molecular flexibility index (Phi) is 23.8. The number of nitrogens with one attached hydrogen (secondary N) is 8. The number of nitrogens with zero attached hydrogens (tertiary/aromatic N) is 4. The molecule has 528 valence electrons. The molecule has 11 rings (SSSR count). The average Bonchev–Trinajstić information content (AvgIpc) is 1.67. The van der Waals surface area contributed by atoms with Gasteiger partial charge in [0, 0.05) is 95.0 Å². The van der Waals surface area contributed by atoms with Crippen LogP contribution in [0.25, 0.3) is 10.9 Å². The van der Waals surface area contributed by atoms with Gasteiger partial charge in [-0.05, 0) is 129 Å². The first-order valence-corrected chi connectivity index (χ1v) is 34.5. The van der Waals surface area contributed by atoms with Crippen molar-refractivity contribution in [2.75, 3.05) is 39.9 Å². The molecular weight excluding hydrogens is 1270 g/mol. The summed E-state index contributed by atoms with van der Waals surface area (Å²) in [6, 6.07) is 16.1. The molecule has 1 unspecified atom stereocenters. The first kappa shape index (κ1) is 72.0. The lowest BCUT2D eigenvalue weighted by molar-refractivity contribution is -0.147. The number of hydrogen-bond donors (Lipinski definition) is 8. The molecule has 4 aromatic carbocycles. The number of halogens is 1. The second-order valence-corrected chi connectivity index (χ2v) is 26.8. The fraction of sp³-hybridized carbons (Fsp3) is 0.493. The SMILES string of the molecule is CC[C@@H]1NC(=O)C2[C@@H]3CCN2C(=O)[C@@H]2Cc4cn(c5ccc(F)cc45)CCCCCCN(Cc4ccc(cc4)CCNC(=O)[C@]4(C)CCCN4C(=O)[C@H](Cc4ccc(OC)cc4)NC1=O)C(=O)CCC(=O)N[C@@H](C)C(=O)N[C@H](C)C(=O)N[C@@H](Cc1cccc(c1)CNC(=O)CO3)C(=O)N2. The van der Waals surface area contributed by atoms with Gasteiger partial charge in [0.1, 0.15) is 66.0 Å². The zero-order valence-electron chi connectivity index (χ0n) is 56.9. The standard InChI is InChI=1S/C73H91FN12O13/c1-6-55-67(92)81-57(36-47-19-22-53(98-5)23-20-47)71(96)86-33-12-29-73(86,4)72(97)75-30-27-46-15-17-48(18-16-46)41-84-32-10-8-7-9-31-83-42-51(54-39-52(74)21-24-59(54)83)38-58-70(95)85-34-28-60(64(85)69(94)79-55)99-43-62(88)76-40-50-14-11-13-49(35-50)37-56(68(93)82-58)80-66(91)45(3)78-65(90)44(2)77-61(87)25-26-63(84)89/h11,13-24,35,39,42,44-45,55-58,60,64H,6-10,12,25-34,36-38,40-41,43H2,1-5H3,(H,75,97)(H,76,88)(H,77,87)(H,78,90)(H,79,94)(H,80,91)(H,81,92)(H,82,93)/t44-,45+,55-,56-,57-,58-,60-,64?,73-/m0/s1. The lowest BCUT2D eigenvalue weighted by Crippen LogP contribution is -2.62. The van der Waals surface area contributed by atoms with Gasteiger partial charge in [-0.15, -0.1) is 0 Å². The monoisotopic (exact) mass is 1360 g/mol. The molecule has 8 N–H and O–H groups in total. The molecule has 0 spiro atoms. The Morgan fingerprint density at radius 2 is 1.32 bits per heavy atom. The van der Waals surface area contributed by atoms with Gasteiger partial charge in [-0.3, -0.25) is 52.7 Å². The number of benzene rings is 4. The number of methoxy groups -OCH3 is 1. The van der Waals surface area contributed by atoms with E-state index in [1.54, 1.807) is 79.5 Å². The van der Waals surface area contributed by atoms with E-state index in [0.29, 0.717) is 96.9 Å². The van der Waals surface area contributed by atoms with Crippen molar-refractivity contribution in [1.29, 1.82) is 0 Å². The third-order valence-electron chi connectivity index (χ3n) is 19.6. The molecule has 12 bridgehead atoms. The molecule has 7 heterocycles. The Morgan fingerprint density at radius 1 is 0.616 bits per heavy atom. The van der Waals surface area contributed by atoms with Crippen molar-refractivity contribution >= 4 is 75.9 Å². The van der Waals surface area contributed by atoms with Gasteiger partial charge >= 0.3 is 0 Å². The topological polar surface area (TPSA) is 317 Å². The van der Waals surface area contributed by atoms with Gasteiger partial charge in [0.25, 0.3) is 0 Å². The fourth-order valence-electron chi connectivity index (χ4n) is 13.9. The van der Waals surface area contributed by atoms with Crippen LogP contribution in [0.3, 0.4) is 0 Å². The zero-order valence-corrected chi connectivity index (χ0v) is 56.9. The maximum atomic E-state index is 16.0. The third kappa shape index (κ3) is 18.0. The van der Waals surface area contributed by atoms with Crippen LogP contribution >= 0.6 is 0 Å². The van der Waals surface area contributed by atoms with Crippen molar-refractivity contribution in [1.82, 2.24) is 61.8 Å². The van der Waals surface area contributed by atoms with Crippen LogP contribution in [0.1, 0.15) is 125 Å². The Labute approximate surface area is 575 Å². The normalized spacial score (nSPS) is 26.2. The molecule has 1 aromatic heterocycles. The smallest absolute Gasteiger partial charge is 0.246 e. The van der Waals surface area contributed by atoms with Crippen LogP contribution in [-0.2, 0) is 103 Å². The molecule has 2 fully saturated rings. The van der Waals surface area contributed by atoms with E-state index in [-0.39, 0.29) is 89.5 Å². The lowest BCUT2D eigenvalue weighted by Gasteiger charge is -2.37. The summed E-state index contributed by atoms with van der Waals surface area (Å²) in [7, 11) is 1.52. The second kappa shape index (κ2) is 32.8. The van der Waals surface area contributed by atoms with E-state index in [2.05, 4.69) is 42.5 Å². The molecule has 26 heteroatoms. The van der Waals surface area contributed by atoms with E-state index in [0.717, 1.165) is 11.1 Å². The maximum absolute atomic E-state index is 16.0. The van der Waals surface area contributed by atoms with Gasteiger partial charge in [-0.2, -0.15) is 0 Å². The van der Waals surface area contributed by atoms with Crippen LogP contribution in [0.5, 0.6) is 5.75 Å². The molecule has 99 heavy (non-hydrogen) atoms. The number of carbonyl (C=O) groups is 11. The van der Waals surface area contributed by atoms with Gasteiger partial charge in [0.15, 0.2) is 0 Å². The summed E-state index contributed by atoms with van der Waals surface area (Å²) in [5.41, 5.74) is 3.24. The number of aryl methyl sites for hydroxylation is 1. The average molecular weight is 1360 g/mol. The quantitative estimate of drug-likeness (QED) is 0.128. The summed E-state index contributed by atoms with van der Waals surface area (Å²) in [5, 5.41) is 23.1. The van der Waals surface area contributed by atoms with E-state index in [1.165, 1.54) is 42.9 Å². The van der Waals surface area contributed by atoms with E-state index < -0.39 is 120 Å². The molecule has 0 aliphatic carbocycles. The third-order valence-corrected chi connectivity index (χ3v) is 19.6. The van der Waals surface area contributed by atoms with Crippen molar-refractivity contribution in [3.63, 3.8) is 0 Å². The van der Waals surface area contributed by atoms with E-state index in [4.69, 9.17) is 9.47 Å². The van der Waals surface area contributed by atoms with Crippen molar-refractivity contribution < 1.29 is 66.6 Å². The van der Waals surface area contributed by atoms with Crippen LogP contribution < -0.4 is 47.3 Å². The first-order valence-electron chi connectivity index (χ1n) is 34.5. The summed E-state index contributed by atoms with van der Waals surface area (Å²) >= 11 is 0. The van der Waals surface area contributed by atoms with Gasteiger partial charge in [-0.25, -0.2) is 4.39 Å². The summed E-state index contributed by atoms with van der Waals surface area (Å²) in [6.07, 6.45) is 3.57. The van der Waals surface area contributed by atoms with Crippen molar-refractivity contribution in [2.24, 2.45) is 0 Å². The molecule has 6 aliphatic rings. The Bertz CT molecular complexity index is 3830. The Hall–Kier alpha value is -9.72. The minimum absolute atomic E-state index is 0.000133. The van der Waals surface area contributed by atoms with Crippen LogP contribution in [-0.4, -0.2) is 178 Å². The summed E-state index contributed by atoms with van der Waals surface area (Å²) in [5.74, 6) is -7.21. The number of carbonyl (C=O) groups excluding carboxylic acids is 11. The van der Waals surface area contributed by atoms with Crippen LogP contribution in [0.15, 0.2) is 97.2 Å². The van der Waals surface area contributed by atoms with E-state index in [1.807, 2.05) is 28.8 Å². The minimum atomic E-state index is -1.56. The van der Waals surface area contributed by atoms with Crippen molar-refractivity contribution in [2.45, 2.75) is 191 Å². The summed E-state index contributed by atoms with van der Waals surface area (Å²) in [4.78, 5) is 165. The molecule has 2 saturated heterocycles. The molecular formula is C73H91FN12O13. The number of ether oxygens (including phenoxy) is 2. The summed E-state index contributed by atoms with van der Waals surface area (Å²) in [6.45, 7) is 6.90. The number of rotatable bonds is 4. The number of amides is 11. The van der Waals surface area contributed by atoms with Crippen molar-refractivity contribution in [3.05, 3.63) is 136 Å². The number of aromatic nitrogens is 1. The molecule has 6 aliphatic heterocycles. The predicted molar refractivity (Wildman–Crippen MR) is 363 cm³/mol. The highest BCUT2D eigenvalue weighted by molar-refractivity contribution is 6.00. The molecule has 0 radical (unpaired) electrons. The molecule has 11 amide bonds. The molecule has 5 aromatic rings. The fourth-order valence-corrected chi connectivity index (χ4v) is 13.9. The highest BCUT2D eigenvalue weighted by Crippen LogP contribution is 2.32. The van der Waals surface area contributed by atoms with E-state index in [9.17, 15) is 33.6 Å². The van der Waals surface area contributed by atoms with E-state index >= 15 is 23.6 Å². The minimum Gasteiger partial charge on any atom is -0.497 e. The van der Waals surface area contributed by atoms with Gasteiger partial charge in [0.05, 0.1) is 13.2 Å². The van der Waals surface area contributed by atoms with Gasteiger partial charge in [-0.1, -0.05) is 80.4 Å². The van der Waals surface area contributed by atoms with Gasteiger partial charge in [0.2, 0.25) is 65.0 Å². The molecule has 0 saturated carbocycles. The van der Waals surface area contributed by atoms with Crippen LogP contribution in [0.4, 0.5) is 4.39 Å². The van der Waals surface area contributed by atoms with Crippen LogP contribution in [0, 0.1) is 5.82 Å². The maximum Gasteiger partial charge on any atom is 0.246 e. The van der Waals surface area contributed by atoms with Gasteiger partial charge < -0.3 is 71.3 Å². The number of hydrogen-bond acceptors (Lipinski definition) is 13. The van der Waals surface area contributed by atoms with Crippen molar-refractivity contribution in [3.8, 4) is 5.75 Å². The predicted octanol–water partition coefficient (Wildman–Crippen LogP) is 3.23. The molecule has 9 atom stereocenters. The highest BCUT2D eigenvalue weighted by atomic mass is 19.1. The lowest BCUT2D eigenvalue weighted by atomic mass is 9.95. The number of fused-ring (bicyclic) bond motifs is 16. The van der Waals surface area contributed by atoms with Crippen LogP contribution in [0.2, 0.25) is 0 Å². The Morgan fingerprint density at radius 3 is 2.08 bits per heavy atom. The molecule has 25 nitrogen and oxygen atoms in total. The second-order valence-electron chi connectivity index (χ2n) is 26.8. The largest absolute Gasteiger partial charge is 0.497 e. The Balaban J connectivity index is 1.07. The summed E-state index contributed by atoms with van der Waals surface area (Å²) < 4.78 is 29.3.